The largest absolute Gasteiger partial charge is 0.497 e. The highest BCUT2D eigenvalue weighted by atomic mass is 16.5. The summed E-state index contributed by atoms with van der Waals surface area (Å²) < 4.78 is 6.81. The van der Waals surface area contributed by atoms with Crippen LogP contribution >= 0.6 is 0 Å². The molecule has 2 amide bonds. The van der Waals surface area contributed by atoms with Crippen molar-refractivity contribution < 1.29 is 14.3 Å². The highest BCUT2D eigenvalue weighted by molar-refractivity contribution is 6.00. The summed E-state index contributed by atoms with van der Waals surface area (Å²) >= 11 is 0. The Morgan fingerprint density at radius 1 is 0.966 bits per heavy atom. The van der Waals surface area contributed by atoms with Crippen molar-refractivity contribution >= 4 is 18.0 Å². The van der Waals surface area contributed by atoms with Crippen LogP contribution in [0.15, 0.2) is 65.8 Å². The number of ether oxygens (including phenoxy) is 1. The molecule has 0 saturated heterocycles. The number of hydrogen-bond donors (Lipinski definition) is 2. The van der Waals surface area contributed by atoms with Crippen LogP contribution < -0.4 is 15.6 Å². The Labute approximate surface area is 169 Å². The lowest BCUT2D eigenvalue weighted by molar-refractivity contribution is 0.0953. The second-order valence-corrected chi connectivity index (χ2v) is 6.40. The molecule has 1 aromatic heterocycles. The Hall–Kier alpha value is -3.87. The Morgan fingerprint density at radius 3 is 2.41 bits per heavy atom. The van der Waals surface area contributed by atoms with Gasteiger partial charge < -0.3 is 4.74 Å². The molecule has 2 aromatic carbocycles. The molecule has 0 aliphatic rings. The number of hydrogen-bond acceptors (Lipinski definition) is 4. The Balaban J connectivity index is 1.69. The summed E-state index contributed by atoms with van der Waals surface area (Å²) in [6.07, 6.45) is 1.55. The molecule has 0 fully saturated rings. The van der Waals surface area contributed by atoms with Gasteiger partial charge in [-0.25, -0.2) is 5.43 Å². The maximum absolute atomic E-state index is 12.4. The number of carbonyl (C=O) groups excluding carboxylic acids is 2. The van der Waals surface area contributed by atoms with Crippen molar-refractivity contribution in [1.82, 2.24) is 10.1 Å². The minimum atomic E-state index is -0.341. The van der Waals surface area contributed by atoms with E-state index in [1.165, 1.54) is 0 Å². The van der Waals surface area contributed by atoms with E-state index in [-0.39, 0.29) is 11.8 Å². The molecule has 29 heavy (non-hydrogen) atoms. The van der Waals surface area contributed by atoms with Crippen molar-refractivity contribution in [2.45, 2.75) is 13.8 Å². The third-order valence-corrected chi connectivity index (χ3v) is 4.42. The third-order valence-electron chi connectivity index (χ3n) is 4.42. The average Bonchev–Trinajstić information content (AvgIpc) is 3.01. The monoisotopic (exact) mass is 390 g/mol. The van der Waals surface area contributed by atoms with Crippen molar-refractivity contribution in [2.75, 3.05) is 12.5 Å². The molecule has 0 aliphatic carbocycles. The maximum atomic E-state index is 12.4. The molecule has 0 radical (unpaired) electrons. The lowest BCUT2D eigenvalue weighted by atomic mass is 10.2. The van der Waals surface area contributed by atoms with Crippen LogP contribution in [0.1, 0.15) is 37.7 Å². The van der Waals surface area contributed by atoms with Gasteiger partial charge in [0.25, 0.3) is 11.8 Å². The molecule has 3 rings (SSSR count). The van der Waals surface area contributed by atoms with Crippen molar-refractivity contribution in [2.24, 2.45) is 5.10 Å². The van der Waals surface area contributed by atoms with Gasteiger partial charge >= 0.3 is 0 Å². The normalized spacial score (nSPS) is 10.7. The van der Waals surface area contributed by atoms with Crippen LogP contribution in [0.3, 0.4) is 0 Å². The first kappa shape index (κ1) is 19.9. The summed E-state index contributed by atoms with van der Waals surface area (Å²) in [5.74, 6) is 0.0490. The van der Waals surface area contributed by atoms with Crippen LogP contribution in [0.4, 0.5) is 0 Å². The van der Waals surface area contributed by atoms with Crippen LogP contribution in [0, 0.1) is 13.8 Å². The zero-order valence-corrected chi connectivity index (χ0v) is 16.5. The van der Waals surface area contributed by atoms with E-state index in [1.54, 1.807) is 54.4 Å². The van der Waals surface area contributed by atoms with Gasteiger partial charge in [0.1, 0.15) is 5.75 Å². The molecule has 148 valence electrons. The van der Waals surface area contributed by atoms with E-state index in [0.717, 1.165) is 17.0 Å². The number of benzene rings is 2. The second kappa shape index (κ2) is 8.88. The maximum Gasteiger partial charge on any atom is 0.271 e. The molecular weight excluding hydrogens is 368 g/mol. The number of aryl methyl sites for hydroxylation is 1. The quantitative estimate of drug-likeness (QED) is 0.500. The number of methoxy groups -OCH3 is 1. The van der Waals surface area contributed by atoms with Gasteiger partial charge in [-0.05, 0) is 50.2 Å². The third kappa shape index (κ3) is 4.70. The van der Waals surface area contributed by atoms with E-state index in [9.17, 15) is 9.59 Å². The minimum Gasteiger partial charge on any atom is -0.497 e. The number of hydrazone groups is 1. The van der Waals surface area contributed by atoms with Gasteiger partial charge in [-0.2, -0.15) is 5.10 Å². The Morgan fingerprint density at radius 2 is 1.69 bits per heavy atom. The molecule has 0 spiro atoms. The molecule has 1 heterocycles. The van der Waals surface area contributed by atoms with Crippen molar-refractivity contribution in [1.29, 1.82) is 0 Å². The highest BCUT2D eigenvalue weighted by Crippen LogP contribution is 2.13. The summed E-state index contributed by atoms with van der Waals surface area (Å²) in [6, 6.07) is 17.7. The Bertz CT molecular complexity index is 1060. The summed E-state index contributed by atoms with van der Waals surface area (Å²) in [5, 5.41) is 4.03. The van der Waals surface area contributed by atoms with Crippen LogP contribution in [0.25, 0.3) is 0 Å². The molecular formula is C22H22N4O3. The average molecular weight is 390 g/mol. The van der Waals surface area contributed by atoms with E-state index >= 15 is 0 Å². The van der Waals surface area contributed by atoms with Crippen molar-refractivity contribution in [3.05, 3.63) is 88.7 Å². The first-order valence-electron chi connectivity index (χ1n) is 9.02. The van der Waals surface area contributed by atoms with Gasteiger partial charge in [-0.1, -0.05) is 24.3 Å². The topological polar surface area (TPSA) is 84.7 Å². The number of carbonyl (C=O) groups is 2. The van der Waals surface area contributed by atoms with Gasteiger partial charge in [0.05, 0.1) is 13.3 Å². The second-order valence-electron chi connectivity index (χ2n) is 6.40. The zero-order valence-electron chi connectivity index (χ0n) is 16.5. The number of rotatable bonds is 6. The Kier molecular flexibility index (Phi) is 6.09. The molecule has 0 bridgehead atoms. The predicted molar refractivity (Wildman–Crippen MR) is 112 cm³/mol. The number of nitrogens with one attached hydrogen (secondary N) is 2. The van der Waals surface area contributed by atoms with Gasteiger partial charge in [-0.15, -0.1) is 0 Å². The van der Waals surface area contributed by atoms with E-state index in [4.69, 9.17) is 4.74 Å². The number of aromatic nitrogens is 1. The lowest BCUT2D eigenvalue weighted by Crippen LogP contribution is -2.24. The summed E-state index contributed by atoms with van der Waals surface area (Å²) in [7, 11) is 1.54. The van der Waals surface area contributed by atoms with Gasteiger partial charge in [0, 0.05) is 28.1 Å². The standard InChI is InChI=1S/C22H22N4O3/c1-15-12-19(14-23-24-21(27)18-10-7-11-20(13-18)29-3)16(2)26(15)25-22(28)17-8-5-4-6-9-17/h4-14H,1-3H3,(H,24,27)(H,25,28)/b23-14-. The fraction of sp³-hybridized carbons (Fsp3) is 0.136. The van der Waals surface area contributed by atoms with E-state index < -0.39 is 0 Å². The fourth-order valence-electron chi connectivity index (χ4n) is 2.84. The van der Waals surface area contributed by atoms with E-state index in [2.05, 4.69) is 16.0 Å². The highest BCUT2D eigenvalue weighted by Gasteiger charge is 2.12. The van der Waals surface area contributed by atoms with Crippen LogP contribution in [0.5, 0.6) is 5.75 Å². The number of amides is 2. The first-order chi connectivity index (χ1) is 14.0. The first-order valence-corrected chi connectivity index (χ1v) is 9.02. The van der Waals surface area contributed by atoms with Crippen LogP contribution in [0.2, 0.25) is 0 Å². The van der Waals surface area contributed by atoms with Crippen molar-refractivity contribution in [3.8, 4) is 5.75 Å². The summed E-state index contributed by atoms with van der Waals surface area (Å²) in [5.41, 5.74) is 8.80. The van der Waals surface area contributed by atoms with E-state index in [1.807, 2.05) is 38.1 Å². The number of nitrogens with zero attached hydrogens (tertiary/aromatic N) is 2. The van der Waals surface area contributed by atoms with Crippen LogP contribution in [-0.4, -0.2) is 29.8 Å². The van der Waals surface area contributed by atoms with E-state index in [0.29, 0.717) is 16.9 Å². The molecule has 7 heteroatoms. The lowest BCUT2D eigenvalue weighted by Gasteiger charge is -2.11. The molecule has 2 N–H and O–H groups in total. The van der Waals surface area contributed by atoms with Gasteiger partial charge in [0.2, 0.25) is 0 Å². The van der Waals surface area contributed by atoms with Gasteiger partial charge in [0.15, 0.2) is 0 Å². The fourth-order valence-corrected chi connectivity index (χ4v) is 2.84. The molecule has 0 aliphatic heterocycles. The van der Waals surface area contributed by atoms with Crippen molar-refractivity contribution in [3.63, 3.8) is 0 Å². The molecule has 0 atom stereocenters. The van der Waals surface area contributed by atoms with Gasteiger partial charge in [-0.3, -0.25) is 19.7 Å². The SMILES string of the molecule is COc1cccc(C(=O)N/N=C\c2cc(C)n(NC(=O)c3ccccc3)c2C)c1. The zero-order chi connectivity index (χ0) is 20.8. The molecule has 0 unspecified atom stereocenters. The summed E-state index contributed by atoms with van der Waals surface area (Å²) in [4.78, 5) is 24.6. The predicted octanol–water partition coefficient (Wildman–Crippen LogP) is 3.26. The summed E-state index contributed by atoms with van der Waals surface area (Å²) in [6.45, 7) is 3.74. The minimum absolute atomic E-state index is 0.206. The van der Waals surface area contributed by atoms with Crippen LogP contribution in [-0.2, 0) is 0 Å². The molecule has 7 nitrogen and oxygen atoms in total. The molecule has 3 aromatic rings. The molecule has 0 saturated carbocycles. The smallest absolute Gasteiger partial charge is 0.271 e.